The quantitative estimate of drug-likeness (QED) is 0.826. The van der Waals surface area contributed by atoms with E-state index >= 15 is 0 Å². The van der Waals surface area contributed by atoms with Crippen molar-refractivity contribution in [1.82, 2.24) is 4.98 Å². The Kier molecular flexibility index (Phi) is 3.30. The van der Waals surface area contributed by atoms with Crippen molar-refractivity contribution in [3.05, 3.63) is 16.1 Å². The first kappa shape index (κ1) is 13.9. The second-order valence-corrected chi connectivity index (χ2v) is 6.17. The Morgan fingerprint density at radius 3 is 2.80 bits per heavy atom. The molecule has 7 nitrogen and oxygen atoms in total. The number of nitrogens with two attached hydrogens (primary N) is 1. The van der Waals surface area contributed by atoms with E-state index in [0.717, 1.165) is 0 Å². The Morgan fingerprint density at radius 2 is 2.20 bits per heavy atom. The van der Waals surface area contributed by atoms with Gasteiger partial charge >= 0.3 is 0 Å². The summed E-state index contributed by atoms with van der Waals surface area (Å²) in [6, 6.07) is 0. The van der Waals surface area contributed by atoms with Crippen molar-refractivity contribution in [3.8, 4) is 0 Å². The molecule has 2 saturated heterocycles. The summed E-state index contributed by atoms with van der Waals surface area (Å²) in [6.07, 6.45) is -1.63. The molecule has 0 radical (unpaired) electrons. The fraction of sp³-hybridized carbons (Fsp3) is 0.667. The topological polar surface area (TPSA) is 104 Å². The number of thiazole rings is 1. The summed E-state index contributed by atoms with van der Waals surface area (Å²) >= 11 is 1.28. The first-order valence-corrected chi connectivity index (χ1v) is 7.16. The highest BCUT2D eigenvalue weighted by Crippen LogP contribution is 2.45. The number of carbonyl (C=O) groups is 1. The third kappa shape index (κ3) is 2.23. The van der Waals surface area contributed by atoms with Gasteiger partial charge in [-0.1, -0.05) is 0 Å². The van der Waals surface area contributed by atoms with E-state index in [1.54, 1.807) is 5.38 Å². The number of aliphatic hydroxyl groups is 1. The third-order valence-electron chi connectivity index (χ3n) is 3.35. The SMILES string of the molecule is CC1(C)OC2[C@@H](O1)[C@@H](CO)O[C@H]2c1nc(C(N)=O)cs1. The molecule has 0 saturated carbocycles. The number of hydrogen-bond donors (Lipinski definition) is 2. The number of carbonyl (C=O) groups excluding carboxylic acids is 1. The van der Waals surface area contributed by atoms with Gasteiger partial charge in [0.25, 0.3) is 5.91 Å². The Hall–Kier alpha value is -1.06. The summed E-state index contributed by atoms with van der Waals surface area (Å²) in [5.74, 6) is -1.31. The van der Waals surface area contributed by atoms with Crippen molar-refractivity contribution in [2.75, 3.05) is 6.61 Å². The van der Waals surface area contributed by atoms with E-state index in [0.29, 0.717) is 5.01 Å². The molecule has 2 fully saturated rings. The van der Waals surface area contributed by atoms with Gasteiger partial charge in [-0.25, -0.2) is 4.98 Å². The Labute approximate surface area is 119 Å². The van der Waals surface area contributed by atoms with E-state index in [9.17, 15) is 9.90 Å². The van der Waals surface area contributed by atoms with Gasteiger partial charge in [0.05, 0.1) is 6.61 Å². The number of rotatable bonds is 3. The van der Waals surface area contributed by atoms with Crippen LogP contribution in [0.5, 0.6) is 0 Å². The van der Waals surface area contributed by atoms with Crippen LogP contribution in [0.25, 0.3) is 0 Å². The summed E-state index contributed by atoms with van der Waals surface area (Å²) in [7, 11) is 0. The highest BCUT2D eigenvalue weighted by atomic mass is 32.1. The van der Waals surface area contributed by atoms with Crippen LogP contribution in [0, 0.1) is 0 Å². The zero-order valence-corrected chi connectivity index (χ0v) is 11.9. The van der Waals surface area contributed by atoms with Gasteiger partial charge in [0, 0.05) is 5.38 Å². The molecule has 0 aliphatic carbocycles. The highest BCUT2D eigenvalue weighted by molar-refractivity contribution is 7.09. The van der Waals surface area contributed by atoms with Gasteiger partial charge in [0.2, 0.25) is 0 Å². The molecule has 110 valence electrons. The molecule has 2 aliphatic rings. The smallest absolute Gasteiger partial charge is 0.268 e. The summed E-state index contributed by atoms with van der Waals surface area (Å²) in [4.78, 5) is 15.3. The van der Waals surface area contributed by atoms with Crippen LogP contribution in [0.15, 0.2) is 5.38 Å². The number of hydrogen-bond acceptors (Lipinski definition) is 7. The van der Waals surface area contributed by atoms with Crippen molar-refractivity contribution in [2.24, 2.45) is 5.73 Å². The normalized spacial score (nSPS) is 35.1. The summed E-state index contributed by atoms with van der Waals surface area (Å²) in [5, 5.41) is 11.6. The van der Waals surface area contributed by atoms with E-state index in [1.807, 2.05) is 13.8 Å². The lowest BCUT2D eigenvalue weighted by molar-refractivity contribution is -0.191. The lowest BCUT2D eigenvalue weighted by Gasteiger charge is -2.22. The minimum atomic E-state index is -0.728. The van der Waals surface area contributed by atoms with Gasteiger partial charge < -0.3 is 25.1 Å². The predicted octanol–water partition coefficient (Wildman–Crippen LogP) is 0.194. The molecule has 1 aromatic rings. The van der Waals surface area contributed by atoms with Crippen LogP contribution in [-0.2, 0) is 14.2 Å². The molecule has 4 atom stereocenters. The van der Waals surface area contributed by atoms with Crippen LogP contribution >= 0.6 is 11.3 Å². The predicted molar refractivity (Wildman–Crippen MR) is 69.2 cm³/mol. The first-order valence-electron chi connectivity index (χ1n) is 6.28. The van der Waals surface area contributed by atoms with Crippen LogP contribution in [0.3, 0.4) is 0 Å². The largest absolute Gasteiger partial charge is 0.394 e. The van der Waals surface area contributed by atoms with Gasteiger partial charge in [-0.15, -0.1) is 11.3 Å². The lowest BCUT2D eigenvalue weighted by Crippen LogP contribution is -2.31. The van der Waals surface area contributed by atoms with Gasteiger partial charge in [0.15, 0.2) is 5.79 Å². The van der Waals surface area contributed by atoms with E-state index in [4.69, 9.17) is 19.9 Å². The molecule has 3 N–H and O–H groups in total. The maximum atomic E-state index is 11.1. The van der Waals surface area contributed by atoms with Crippen molar-refractivity contribution >= 4 is 17.2 Å². The molecule has 0 bridgehead atoms. The molecule has 2 aliphatic heterocycles. The number of nitrogens with zero attached hydrogens (tertiary/aromatic N) is 1. The zero-order valence-electron chi connectivity index (χ0n) is 11.1. The highest BCUT2D eigenvalue weighted by Gasteiger charge is 2.56. The minimum Gasteiger partial charge on any atom is -0.394 e. The number of aromatic nitrogens is 1. The Morgan fingerprint density at radius 1 is 1.50 bits per heavy atom. The van der Waals surface area contributed by atoms with E-state index in [1.165, 1.54) is 11.3 Å². The number of fused-ring (bicyclic) bond motifs is 1. The molecule has 20 heavy (non-hydrogen) atoms. The molecule has 8 heteroatoms. The van der Waals surface area contributed by atoms with Gasteiger partial charge in [-0.2, -0.15) is 0 Å². The van der Waals surface area contributed by atoms with Gasteiger partial charge in [-0.3, -0.25) is 4.79 Å². The summed E-state index contributed by atoms with van der Waals surface area (Å²) < 4.78 is 17.3. The summed E-state index contributed by atoms with van der Waals surface area (Å²) in [5.41, 5.74) is 5.40. The van der Waals surface area contributed by atoms with Crippen molar-refractivity contribution < 1.29 is 24.1 Å². The zero-order chi connectivity index (χ0) is 14.5. The second kappa shape index (κ2) is 4.74. The number of amides is 1. The Bertz CT molecular complexity index is 532. The molecular weight excluding hydrogens is 284 g/mol. The molecule has 1 unspecified atom stereocenters. The van der Waals surface area contributed by atoms with Crippen molar-refractivity contribution in [3.63, 3.8) is 0 Å². The van der Waals surface area contributed by atoms with Crippen LogP contribution in [0.4, 0.5) is 0 Å². The molecule has 0 spiro atoms. The maximum absolute atomic E-state index is 11.1. The average molecular weight is 300 g/mol. The molecule has 3 heterocycles. The van der Waals surface area contributed by atoms with E-state index < -0.39 is 23.9 Å². The van der Waals surface area contributed by atoms with Gasteiger partial charge in [0.1, 0.15) is 35.1 Å². The molecule has 1 amide bonds. The monoisotopic (exact) mass is 300 g/mol. The molecule has 3 rings (SSSR count). The minimum absolute atomic E-state index is 0.162. The van der Waals surface area contributed by atoms with Crippen LogP contribution < -0.4 is 5.73 Å². The Balaban J connectivity index is 1.87. The number of aliphatic hydroxyl groups excluding tert-OH is 1. The average Bonchev–Trinajstić information content (AvgIpc) is 3.01. The number of primary amides is 1. The lowest BCUT2D eigenvalue weighted by atomic mass is 10.1. The summed E-state index contributed by atoms with van der Waals surface area (Å²) in [6.45, 7) is 3.46. The van der Waals surface area contributed by atoms with Crippen LogP contribution in [-0.4, -0.2) is 46.7 Å². The van der Waals surface area contributed by atoms with Crippen LogP contribution in [0.2, 0.25) is 0 Å². The maximum Gasteiger partial charge on any atom is 0.268 e. The standard InChI is InChI=1S/C12H16N2O5S/c1-12(2)18-7-6(3-15)17-9(8(7)19-12)11-14-5(4-20-11)10(13)16/h4,6-9,15H,3H2,1-2H3,(H2,13,16)/t6-,7+,8?,9-/m1/s1. The molecule has 0 aromatic carbocycles. The van der Waals surface area contributed by atoms with E-state index in [2.05, 4.69) is 4.98 Å². The number of ether oxygens (including phenoxy) is 3. The second-order valence-electron chi connectivity index (χ2n) is 5.28. The fourth-order valence-electron chi connectivity index (χ4n) is 2.56. The molecular formula is C12H16N2O5S. The van der Waals surface area contributed by atoms with Gasteiger partial charge in [-0.05, 0) is 13.8 Å². The fourth-order valence-corrected chi connectivity index (χ4v) is 3.44. The van der Waals surface area contributed by atoms with E-state index in [-0.39, 0.29) is 24.5 Å². The van der Waals surface area contributed by atoms with Crippen LogP contribution in [0.1, 0.15) is 35.4 Å². The first-order chi connectivity index (χ1) is 9.41. The van der Waals surface area contributed by atoms with Crippen molar-refractivity contribution in [1.29, 1.82) is 0 Å². The third-order valence-corrected chi connectivity index (χ3v) is 4.25. The van der Waals surface area contributed by atoms with Crippen molar-refractivity contribution in [2.45, 2.75) is 44.1 Å². The molecule has 1 aromatic heterocycles.